The number of thiophene rings is 1. The Morgan fingerprint density at radius 3 is 2.75 bits per heavy atom. The largest absolute Gasteiger partial charge is 0.379 e. The summed E-state index contributed by atoms with van der Waals surface area (Å²) in [7, 11) is 0. The molecule has 0 N–H and O–H groups in total. The summed E-state index contributed by atoms with van der Waals surface area (Å²) in [5, 5.41) is 9.26. The van der Waals surface area contributed by atoms with Crippen molar-refractivity contribution in [1.82, 2.24) is 34.4 Å². The summed E-state index contributed by atoms with van der Waals surface area (Å²) in [6.45, 7) is 3.98. The molecule has 1 fully saturated rings. The number of rotatable bonds is 5. The Labute approximate surface area is 192 Å². The summed E-state index contributed by atoms with van der Waals surface area (Å²) in [6, 6.07) is 12.2. The number of aromatic nitrogens is 6. The summed E-state index contributed by atoms with van der Waals surface area (Å²) < 4.78 is 7.16. The van der Waals surface area contributed by atoms with Crippen molar-refractivity contribution in [2.75, 3.05) is 26.3 Å². The predicted octanol–water partition coefficient (Wildman–Crippen LogP) is 3.78. The van der Waals surface area contributed by atoms with Crippen LogP contribution in [0, 0.1) is 0 Å². The van der Waals surface area contributed by atoms with Gasteiger partial charge in [-0.3, -0.25) is 4.90 Å². The average Bonchev–Trinajstić information content (AvgIpc) is 3.44. The van der Waals surface area contributed by atoms with Gasteiger partial charge < -0.3 is 4.74 Å². The summed E-state index contributed by atoms with van der Waals surface area (Å²) >= 11 is 3.11. The van der Waals surface area contributed by atoms with Gasteiger partial charge in [-0.2, -0.15) is 4.98 Å². The molecule has 0 unspecified atom stereocenters. The van der Waals surface area contributed by atoms with E-state index in [1.54, 1.807) is 22.0 Å². The molecule has 0 saturated carbocycles. The van der Waals surface area contributed by atoms with Crippen LogP contribution in [0.5, 0.6) is 0 Å². The van der Waals surface area contributed by atoms with E-state index in [4.69, 9.17) is 14.7 Å². The predicted molar refractivity (Wildman–Crippen MR) is 124 cm³/mol. The number of ether oxygens (including phenoxy) is 1. The van der Waals surface area contributed by atoms with Gasteiger partial charge in [0.25, 0.3) is 5.78 Å². The van der Waals surface area contributed by atoms with E-state index in [1.807, 2.05) is 18.3 Å². The van der Waals surface area contributed by atoms with Crippen LogP contribution in [-0.2, 0) is 11.3 Å². The van der Waals surface area contributed by atoms with Gasteiger partial charge in [0.2, 0.25) is 5.16 Å². The lowest BCUT2D eigenvalue weighted by Crippen LogP contribution is -2.36. The average molecular weight is 462 g/mol. The molecule has 1 aliphatic heterocycles. The molecule has 5 aromatic rings. The maximum absolute atomic E-state index is 5.48. The fourth-order valence-corrected chi connectivity index (χ4v) is 5.65. The van der Waals surface area contributed by atoms with E-state index in [9.17, 15) is 0 Å². The van der Waals surface area contributed by atoms with Crippen LogP contribution in [0.15, 0.2) is 64.4 Å². The normalized spacial score (nSPS) is 15.0. The second-order valence-corrected chi connectivity index (χ2v) is 9.20. The summed E-state index contributed by atoms with van der Waals surface area (Å²) in [4.78, 5) is 22.1. The number of nitrogens with zero attached hydrogens (tertiary/aromatic N) is 7. The highest BCUT2D eigenvalue weighted by atomic mass is 32.2. The van der Waals surface area contributed by atoms with Crippen molar-refractivity contribution in [2.45, 2.75) is 16.7 Å². The number of fused-ring (bicyclic) bond motifs is 2. The van der Waals surface area contributed by atoms with Gasteiger partial charge in [0, 0.05) is 36.4 Å². The molecule has 1 aromatic carbocycles. The zero-order valence-electron chi connectivity index (χ0n) is 17.1. The van der Waals surface area contributed by atoms with Crippen molar-refractivity contribution in [3.05, 3.63) is 60.0 Å². The SMILES string of the molecule is c1ccc(-c2csc3nc(CN4CCOCC4)nc(Sc4nc5ncccn5n4)c23)cc1. The van der Waals surface area contributed by atoms with E-state index in [2.05, 4.69) is 49.6 Å². The molecule has 1 aliphatic rings. The number of hydrogen-bond acceptors (Lipinski definition) is 9. The van der Waals surface area contributed by atoms with Crippen LogP contribution in [-0.4, -0.2) is 60.8 Å². The zero-order chi connectivity index (χ0) is 21.3. The Morgan fingerprint density at radius 2 is 1.91 bits per heavy atom. The molecule has 6 rings (SSSR count). The minimum absolute atomic E-state index is 0.572. The van der Waals surface area contributed by atoms with Crippen LogP contribution >= 0.6 is 23.1 Å². The summed E-state index contributed by atoms with van der Waals surface area (Å²) in [5.41, 5.74) is 2.28. The minimum atomic E-state index is 0.572. The molecular formula is C22H19N7OS2. The molecule has 5 heterocycles. The van der Waals surface area contributed by atoms with Gasteiger partial charge in [-0.1, -0.05) is 30.3 Å². The third-order valence-corrected chi connectivity index (χ3v) is 7.00. The van der Waals surface area contributed by atoms with Gasteiger partial charge in [-0.05, 0) is 23.4 Å². The second-order valence-electron chi connectivity index (χ2n) is 7.39. The van der Waals surface area contributed by atoms with Gasteiger partial charge in [0.1, 0.15) is 15.7 Å². The smallest absolute Gasteiger partial charge is 0.253 e. The Morgan fingerprint density at radius 1 is 1.03 bits per heavy atom. The maximum atomic E-state index is 5.48. The molecule has 10 heteroatoms. The number of benzene rings is 1. The Kier molecular flexibility index (Phi) is 5.27. The van der Waals surface area contributed by atoms with Crippen molar-refractivity contribution in [3.8, 4) is 11.1 Å². The standard InChI is InChI=1S/C22H19N7OS2/c1-2-5-15(6-3-1)16-14-31-19-18(16)20(25-17(24-19)13-28-9-11-30-12-10-28)32-22-26-21-23-7-4-8-29(21)27-22/h1-8,14H,9-13H2. The summed E-state index contributed by atoms with van der Waals surface area (Å²) in [6.07, 6.45) is 3.56. The monoisotopic (exact) mass is 461 g/mol. The van der Waals surface area contributed by atoms with Gasteiger partial charge in [-0.15, -0.1) is 16.4 Å². The number of morpholine rings is 1. The highest BCUT2D eigenvalue weighted by Gasteiger charge is 2.20. The molecule has 0 atom stereocenters. The van der Waals surface area contributed by atoms with Crippen LogP contribution in [0.3, 0.4) is 0 Å². The Bertz CT molecular complexity index is 1350. The van der Waals surface area contributed by atoms with Gasteiger partial charge in [0.05, 0.1) is 25.1 Å². The Balaban J connectivity index is 1.45. The van der Waals surface area contributed by atoms with Crippen LogP contribution < -0.4 is 0 Å². The van der Waals surface area contributed by atoms with Crippen molar-refractivity contribution >= 4 is 39.1 Å². The first-order valence-electron chi connectivity index (χ1n) is 10.3. The molecule has 0 aliphatic carbocycles. The summed E-state index contributed by atoms with van der Waals surface area (Å²) in [5.74, 6) is 1.38. The lowest BCUT2D eigenvalue weighted by Gasteiger charge is -2.25. The van der Waals surface area contributed by atoms with Crippen molar-refractivity contribution in [1.29, 1.82) is 0 Å². The zero-order valence-corrected chi connectivity index (χ0v) is 18.7. The first kappa shape index (κ1) is 19.7. The number of hydrogen-bond donors (Lipinski definition) is 0. The topological polar surface area (TPSA) is 81.3 Å². The lowest BCUT2D eigenvalue weighted by atomic mass is 10.1. The minimum Gasteiger partial charge on any atom is -0.379 e. The maximum Gasteiger partial charge on any atom is 0.253 e. The third kappa shape index (κ3) is 3.86. The highest BCUT2D eigenvalue weighted by molar-refractivity contribution is 7.99. The van der Waals surface area contributed by atoms with E-state index in [0.717, 1.165) is 58.5 Å². The van der Waals surface area contributed by atoms with Gasteiger partial charge in [-0.25, -0.2) is 19.5 Å². The fraction of sp³-hybridized carbons (Fsp3) is 0.227. The molecule has 160 valence electrons. The van der Waals surface area contributed by atoms with Crippen molar-refractivity contribution in [3.63, 3.8) is 0 Å². The van der Waals surface area contributed by atoms with E-state index >= 15 is 0 Å². The molecule has 1 saturated heterocycles. The lowest BCUT2D eigenvalue weighted by molar-refractivity contribution is 0.0330. The molecule has 0 spiro atoms. The molecule has 32 heavy (non-hydrogen) atoms. The molecular weight excluding hydrogens is 442 g/mol. The quantitative estimate of drug-likeness (QED) is 0.366. The Hall–Kier alpha value is -2.92. The molecule has 0 amide bonds. The van der Waals surface area contributed by atoms with Crippen LogP contribution in [0.1, 0.15) is 5.82 Å². The first-order chi connectivity index (χ1) is 15.8. The van der Waals surface area contributed by atoms with E-state index in [0.29, 0.717) is 17.5 Å². The second kappa shape index (κ2) is 8.55. The molecule has 0 bridgehead atoms. The van der Waals surface area contributed by atoms with Crippen molar-refractivity contribution in [2.24, 2.45) is 0 Å². The van der Waals surface area contributed by atoms with Gasteiger partial charge in [0.15, 0.2) is 0 Å². The third-order valence-electron chi connectivity index (χ3n) is 5.29. The van der Waals surface area contributed by atoms with Gasteiger partial charge >= 0.3 is 0 Å². The van der Waals surface area contributed by atoms with E-state index < -0.39 is 0 Å². The first-order valence-corrected chi connectivity index (χ1v) is 12.0. The fourth-order valence-electron chi connectivity index (χ4n) is 3.73. The van der Waals surface area contributed by atoms with Crippen LogP contribution in [0.25, 0.3) is 27.1 Å². The van der Waals surface area contributed by atoms with E-state index in [1.165, 1.54) is 11.8 Å². The van der Waals surface area contributed by atoms with E-state index in [-0.39, 0.29) is 0 Å². The van der Waals surface area contributed by atoms with Crippen molar-refractivity contribution < 1.29 is 4.74 Å². The molecule has 4 aromatic heterocycles. The highest BCUT2D eigenvalue weighted by Crippen LogP contribution is 2.40. The molecule has 0 radical (unpaired) electrons. The van der Waals surface area contributed by atoms with Crippen LogP contribution in [0.2, 0.25) is 0 Å². The molecule has 8 nitrogen and oxygen atoms in total. The van der Waals surface area contributed by atoms with Crippen LogP contribution in [0.4, 0.5) is 0 Å².